The second-order valence-corrected chi connectivity index (χ2v) is 8.80. The average Bonchev–Trinajstić information content (AvgIpc) is 3.14. The molecule has 2 aromatic rings. The third kappa shape index (κ3) is 4.12. The van der Waals surface area contributed by atoms with Crippen LogP contribution in [0.25, 0.3) is 10.6 Å². The number of rotatable bonds is 5. The predicted molar refractivity (Wildman–Crippen MR) is 93.0 cm³/mol. The SMILES string of the molecule is COc1ccc(-c2nc(CC(=O)N[C@H]3CCS(=O)(=O)C3)cs2)cc1. The van der Waals surface area contributed by atoms with Gasteiger partial charge in [0.15, 0.2) is 9.84 Å². The molecule has 0 bridgehead atoms. The van der Waals surface area contributed by atoms with Crippen LogP contribution in [-0.2, 0) is 21.1 Å². The minimum Gasteiger partial charge on any atom is -0.497 e. The molecule has 0 saturated carbocycles. The predicted octanol–water partition coefficient (Wildman–Crippen LogP) is 1.66. The van der Waals surface area contributed by atoms with Gasteiger partial charge in [0.1, 0.15) is 10.8 Å². The van der Waals surface area contributed by atoms with E-state index in [1.807, 2.05) is 29.6 Å². The topological polar surface area (TPSA) is 85.4 Å². The van der Waals surface area contributed by atoms with Crippen molar-refractivity contribution in [2.45, 2.75) is 18.9 Å². The second-order valence-electron chi connectivity index (χ2n) is 5.72. The Kier molecular flexibility index (Phi) is 4.86. The Morgan fingerprint density at radius 1 is 1.38 bits per heavy atom. The molecule has 1 aromatic heterocycles. The molecule has 0 unspecified atom stereocenters. The van der Waals surface area contributed by atoms with Crippen LogP contribution in [0.4, 0.5) is 0 Å². The summed E-state index contributed by atoms with van der Waals surface area (Å²) in [6.07, 6.45) is 0.644. The molecule has 8 heteroatoms. The van der Waals surface area contributed by atoms with Crippen molar-refractivity contribution in [2.75, 3.05) is 18.6 Å². The molecular weight excluding hydrogens is 348 g/mol. The van der Waals surface area contributed by atoms with E-state index in [1.165, 1.54) is 11.3 Å². The van der Waals surface area contributed by atoms with Crippen molar-refractivity contribution in [3.05, 3.63) is 35.3 Å². The van der Waals surface area contributed by atoms with E-state index in [0.29, 0.717) is 12.1 Å². The van der Waals surface area contributed by atoms with Crippen LogP contribution < -0.4 is 10.1 Å². The monoisotopic (exact) mass is 366 g/mol. The fraction of sp³-hybridized carbons (Fsp3) is 0.375. The number of sulfone groups is 1. The number of hydrogen-bond donors (Lipinski definition) is 1. The number of carbonyl (C=O) groups excluding carboxylic acids is 1. The third-order valence-corrected chi connectivity index (χ3v) is 6.54. The number of ether oxygens (including phenoxy) is 1. The van der Waals surface area contributed by atoms with Crippen molar-refractivity contribution in [2.24, 2.45) is 0 Å². The number of nitrogens with one attached hydrogen (secondary N) is 1. The Balaban J connectivity index is 1.60. The zero-order valence-corrected chi connectivity index (χ0v) is 14.8. The minimum atomic E-state index is -2.99. The summed E-state index contributed by atoms with van der Waals surface area (Å²) in [5.74, 6) is 0.772. The molecule has 1 aromatic carbocycles. The lowest BCUT2D eigenvalue weighted by Gasteiger charge is -2.09. The molecular formula is C16H18N2O4S2. The van der Waals surface area contributed by atoms with Crippen molar-refractivity contribution in [3.8, 4) is 16.3 Å². The maximum atomic E-state index is 12.1. The van der Waals surface area contributed by atoms with E-state index in [-0.39, 0.29) is 29.9 Å². The van der Waals surface area contributed by atoms with Gasteiger partial charge in [-0.1, -0.05) is 0 Å². The first kappa shape index (κ1) is 16.9. The van der Waals surface area contributed by atoms with E-state index < -0.39 is 9.84 Å². The number of hydrogen-bond acceptors (Lipinski definition) is 6. The van der Waals surface area contributed by atoms with Crippen LogP contribution in [0.2, 0.25) is 0 Å². The van der Waals surface area contributed by atoms with E-state index in [0.717, 1.165) is 16.3 Å². The number of amides is 1. The maximum Gasteiger partial charge on any atom is 0.226 e. The number of benzene rings is 1. The van der Waals surface area contributed by atoms with Crippen LogP contribution in [0, 0.1) is 0 Å². The third-order valence-electron chi connectivity index (χ3n) is 3.83. The summed E-state index contributed by atoms with van der Waals surface area (Å²) in [5, 5.41) is 5.47. The number of methoxy groups -OCH3 is 1. The largest absolute Gasteiger partial charge is 0.497 e. The number of aromatic nitrogens is 1. The lowest BCUT2D eigenvalue weighted by molar-refractivity contribution is -0.121. The van der Waals surface area contributed by atoms with Crippen LogP contribution >= 0.6 is 11.3 Å². The van der Waals surface area contributed by atoms with E-state index in [4.69, 9.17) is 4.74 Å². The molecule has 1 aliphatic heterocycles. The molecule has 0 aliphatic carbocycles. The highest BCUT2D eigenvalue weighted by atomic mass is 32.2. The van der Waals surface area contributed by atoms with Crippen molar-refractivity contribution in [3.63, 3.8) is 0 Å². The van der Waals surface area contributed by atoms with E-state index in [9.17, 15) is 13.2 Å². The Morgan fingerprint density at radius 2 is 2.12 bits per heavy atom. The standard InChI is InChI=1S/C16H18N2O4S2/c1-22-14-4-2-11(3-5-14)16-18-13(9-23-16)8-15(19)17-12-6-7-24(20,21)10-12/h2-5,9,12H,6-8,10H2,1H3,(H,17,19)/t12-/m0/s1. The van der Waals surface area contributed by atoms with E-state index in [1.54, 1.807) is 7.11 Å². The first-order valence-electron chi connectivity index (χ1n) is 7.54. The summed E-state index contributed by atoms with van der Waals surface area (Å²) >= 11 is 1.47. The summed E-state index contributed by atoms with van der Waals surface area (Å²) in [6, 6.07) is 7.30. The summed E-state index contributed by atoms with van der Waals surface area (Å²) < 4.78 is 28.0. The smallest absolute Gasteiger partial charge is 0.226 e. The lowest BCUT2D eigenvalue weighted by Crippen LogP contribution is -2.36. The van der Waals surface area contributed by atoms with Crippen molar-refractivity contribution in [1.82, 2.24) is 10.3 Å². The Bertz CT molecular complexity index is 828. The average molecular weight is 366 g/mol. The number of thiazole rings is 1. The lowest BCUT2D eigenvalue weighted by atomic mass is 10.2. The molecule has 1 aliphatic rings. The van der Waals surface area contributed by atoms with Crippen LogP contribution in [0.5, 0.6) is 5.75 Å². The molecule has 2 heterocycles. The molecule has 0 spiro atoms. The van der Waals surface area contributed by atoms with E-state index in [2.05, 4.69) is 10.3 Å². The molecule has 1 N–H and O–H groups in total. The van der Waals surface area contributed by atoms with Gasteiger partial charge in [-0.15, -0.1) is 11.3 Å². The zero-order chi connectivity index (χ0) is 17.2. The minimum absolute atomic E-state index is 0.0346. The van der Waals surface area contributed by atoms with Crippen LogP contribution in [0.1, 0.15) is 12.1 Å². The van der Waals surface area contributed by atoms with Crippen molar-refractivity contribution < 1.29 is 17.9 Å². The summed E-state index contributed by atoms with van der Waals surface area (Å²) in [5.41, 5.74) is 1.65. The molecule has 6 nitrogen and oxygen atoms in total. The Labute approximate surface area is 144 Å². The van der Waals surface area contributed by atoms with Gasteiger partial charge in [0.05, 0.1) is 30.7 Å². The molecule has 24 heavy (non-hydrogen) atoms. The molecule has 0 radical (unpaired) electrons. The van der Waals surface area contributed by atoms with Gasteiger partial charge in [-0.25, -0.2) is 13.4 Å². The zero-order valence-electron chi connectivity index (χ0n) is 13.2. The van der Waals surface area contributed by atoms with Gasteiger partial charge in [0.25, 0.3) is 0 Å². The first-order valence-corrected chi connectivity index (χ1v) is 10.2. The molecule has 128 valence electrons. The fourth-order valence-electron chi connectivity index (χ4n) is 2.61. The molecule has 1 amide bonds. The van der Waals surface area contributed by atoms with Gasteiger partial charge in [-0.3, -0.25) is 4.79 Å². The Hall–Kier alpha value is -1.93. The second kappa shape index (κ2) is 6.90. The molecule has 1 fully saturated rings. The van der Waals surface area contributed by atoms with Crippen molar-refractivity contribution in [1.29, 1.82) is 0 Å². The van der Waals surface area contributed by atoms with Gasteiger partial charge in [-0.2, -0.15) is 0 Å². The highest BCUT2D eigenvalue weighted by Gasteiger charge is 2.28. The quantitative estimate of drug-likeness (QED) is 0.870. The van der Waals surface area contributed by atoms with Crippen LogP contribution in [0.15, 0.2) is 29.6 Å². The fourth-order valence-corrected chi connectivity index (χ4v) is 5.11. The van der Waals surface area contributed by atoms with Gasteiger partial charge in [0.2, 0.25) is 5.91 Å². The molecule has 1 saturated heterocycles. The first-order chi connectivity index (χ1) is 11.4. The summed E-state index contributed by atoms with van der Waals surface area (Å²) in [4.78, 5) is 16.5. The summed E-state index contributed by atoms with van der Waals surface area (Å²) in [6.45, 7) is 0. The normalized spacial score (nSPS) is 19.1. The maximum absolute atomic E-state index is 12.1. The van der Waals surface area contributed by atoms with Gasteiger partial charge >= 0.3 is 0 Å². The molecule has 1 atom stereocenters. The number of carbonyl (C=O) groups is 1. The van der Waals surface area contributed by atoms with Crippen molar-refractivity contribution >= 4 is 27.1 Å². The van der Waals surface area contributed by atoms with Crippen LogP contribution in [-0.4, -0.2) is 44.0 Å². The highest BCUT2D eigenvalue weighted by Crippen LogP contribution is 2.25. The van der Waals surface area contributed by atoms with Crippen LogP contribution in [0.3, 0.4) is 0 Å². The summed E-state index contributed by atoms with van der Waals surface area (Å²) in [7, 11) is -1.37. The van der Waals surface area contributed by atoms with Gasteiger partial charge in [-0.05, 0) is 30.7 Å². The Morgan fingerprint density at radius 3 is 2.75 bits per heavy atom. The molecule has 3 rings (SSSR count). The van der Waals surface area contributed by atoms with Gasteiger partial charge < -0.3 is 10.1 Å². The number of nitrogens with zero attached hydrogens (tertiary/aromatic N) is 1. The van der Waals surface area contributed by atoms with E-state index >= 15 is 0 Å². The van der Waals surface area contributed by atoms with Gasteiger partial charge in [0, 0.05) is 17.0 Å². The highest BCUT2D eigenvalue weighted by molar-refractivity contribution is 7.91.